The quantitative estimate of drug-likeness (QED) is 0.561. The highest BCUT2D eigenvalue weighted by molar-refractivity contribution is 6.30. The first kappa shape index (κ1) is 21.6. The first-order valence-corrected chi connectivity index (χ1v) is 11.2. The number of benzene rings is 2. The zero-order chi connectivity index (χ0) is 21.8. The van der Waals surface area contributed by atoms with Gasteiger partial charge in [-0.1, -0.05) is 48.0 Å². The van der Waals surface area contributed by atoms with Crippen molar-refractivity contribution in [1.29, 1.82) is 0 Å². The van der Waals surface area contributed by atoms with Crippen LogP contribution in [0.5, 0.6) is 0 Å². The van der Waals surface area contributed by atoms with Gasteiger partial charge in [0.1, 0.15) is 5.76 Å². The van der Waals surface area contributed by atoms with Gasteiger partial charge in [0.25, 0.3) is 0 Å². The SMILES string of the molecule is Cc1oc(-c2cccc(Cl)c2)nc1CN1CCC(C(=O)N[C@H](C)c2ccccc2)CC1. The molecule has 1 aliphatic heterocycles. The molecule has 162 valence electrons. The Kier molecular flexibility index (Phi) is 6.73. The number of likely N-dealkylation sites (tertiary alicyclic amines) is 1. The number of carbonyl (C=O) groups is 1. The summed E-state index contributed by atoms with van der Waals surface area (Å²) in [5.41, 5.74) is 2.95. The van der Waals surface area contributed by atoms with Crippen LogP contribution in [0.4, 0.5) is 0 Å². The average molecular weight is 438 g/mol. The number of rotatable bonds is 6. The maximum Gasteiger partial charge on any atom is 0.226 e. The van der Waals surface area contributed by atoms with E-state index in [4.69, 9.17) is 21.0 Å². The number of nitrogens with zero attached hydrogens (tertiary/aromatic N) is 2. The van der Waals surface area contributed by atoms with E-state index < -0.39 is 0 Å². The van der Waals surface area contributed by atoms with Gasteiger partial charge in [0.15, 0.2) is 0 Å². The largest absolute Gasteiger partial charge is 0.441 e. The van der Waals surface area contributed by atoms with Gasteiger partial charge in [0, 0.05) is 23.0 Å². The Labute approximate surface area is 188 Å². The maximum absolute atomic E-state index is 12.7. The van der Waals surface area contributed by atoms with E-state index in [1.54, 1.807) is 0 Å². The molecule has 6 heteroatoms. The van der Waals surface area contributed by atoms with Crippen LogP contribution in [0, 0.1) is 12.8 Å². The molecule has 1 saturated heterocycles. The Morgan fingerprint density at radius 1 is 1.19 bits per heavy atom. The summed E-state index contributed by atoms with van der Waals surface area (Å²) in [7, 11) is 0. The molecule has 5 nitrogen and oxygen atoms in total. The number of hydrogen-bond donors (Lipinski definition) is 1. The second-order valence-electron chi connectivity index (χ2n) is 8.22. The third-order valence-electron chi connectivity index (χ3n) is 5.95. The molecule has 4 rings (SSSR count). The molecule has 0 aliphatic carbocycles. The minimum absolute atomic E-state index is 0.0226. The molecule has 0 saturated carbocycles. The predicted molar refractivity (Wildman–Crippen MR) is 123 cm³/mol. The van der Waals surface area contributed by atoms with E-state index in [9.17, 15) is 4.79 Å². The van der Waals surface area contributed by atoms with Crippen molar-refractivity contribution in [3.8, 4) is 11.5 Å². The monoisotopic (exact) mass is 437 g/mol. The topological polar surface area (TPSA) is 58.4 Å². The zero-order valence-corrected chi connectivity index (χ0v) is 18.7. The minimum Gasteiger partial charge on any atom is -0.441 e. The van der Waals surface area contributed by atoms with Gasteiger partial charge in [-0.15, -0.1) is 0 Å². The molecule has 0 spiro atoms. The molecule has 1 fully saturated rings. The number of carbonyl (C=O) groups excluding carboxylic acids is 1. The van der Waals surface area contributed by atoms with E-state index in [1.165, 1.54) is 0 Å². The van der Waals surface area contributed by atoms with Gasteiger partial charge in [-0.3, -0.25) is 9.69 Å². The smallest absolute Gasteiger partial charge is 0.226 e. The molecule has 3 aromatic rings. The summed E-state index contributed by atoms with van der Waals surface area (Å²) in [6.07, 6.45) is 1.71. The highest BCUT2D eigenvalue weighted by Crippen LogP contribution is 2.26. The van der Waals surface area contributed by atoms with Gasteiger partial charge in [-0.25, -0.2) is 4.98 Å². The summed E-state index contributed by atoms with van der Waals surface area (Å²) in [5, 5.41) is 3.83. The van der Waals surface area contributed by atoms with Crippen molar-refractivity contribution in [3.05, 3.63) is 76.6 Å². The van der Waals surface area contributed by atoms with E-state index >= 15 is 0 Å². The Morgan fingerprint density at radius 3 is 2.65 bits per heavy atom. The van der Waals surface area contributed by atoms with Gasteiger partial charge >= 0.3 is 0 Å². The molecule has 31 heavy (non-hydrogen) atoms. The molecule has 1 aliphatic rings. The summed E-state index contributed by atoms with van der Waals surface area (Å²) in [6.45, 7) is 6.45. The predicted octanol–water partition coefficient (Wildman–Crippen LogP) is 5.39. The van der Waals surface area contributed by atoms with E-state index in [0.29, 0.717) is 10.9 Å². The van der Waals surface area contributed by atoms with Gasteiger partial charge in [0.2, 0.25) is 11.8 Å². The molecule has 0 bridgehead atoms. The molecular formula is C25H28ClN3O2. The van der Waals surface area contributed by atoms with Crippen molar-refractivity contribution in [2.24, 2.45) is 5.92 Å². The third kappa shape index (κ3) is 5.35. The van der Waals surface area contributed by atoms with Gasteiger partial charge in [-0.05, 0) is 63.5 Å². The van der Waals surface area contributed by atoms with E-state index in [2.05, 4.69) is 10.2 Å². The average Bonchev–Trinajstić information content (AvgIpc) is 3.15. The standard InChI is InChI=1S/C25H28ClN3O2/c1-17(19-7-4-3-5-8-19)27-24(30)20-11-13-29(14-12-20)16-23-18(2)31-25(28-23)21-9-6-10-22(26)15-21/h3-10,15,17,20H,11-14,16H2,1-2H3,(H,27,30)/t17-/m1/s1. The van der Waals surface area contributed by atoms with Crippen molar-refractivity contribution >= 4 is 17.5 Å². The van der Waals surface area contributed by atoms with Crippen molar-refractivity contribution in [2.45, 2.75) is 39.3 Å². The fraction of sp³-hybridized carbons (Fsp3) is 0.360. The first-order valence-electron chi connectivity index (χ1n) is 10.8. The number of nitrogens with one attached hydrogen (secondary N) is 1. The van der Waals surface area contributed by atoms with Gasteiger partial charge in [0.05, 0.1) is 11.7 Å². The third-order valence-corrected chi connectivity index (χ3v) is 6.19. The van der Waals surface area contributed by atoms with Crippen molar-refractivity contribution in [1.82, 2.24) is 15.2 Å². The van der Waals surface area contributed by atoms with Crippen LogP contribution in [-0.4, -0.2) is 28.9 Å². The van der Waals surface area contributed by atoms with Crippen LogP contribution in [0.2, 0.25) is 5.02 Å². The van der Waals surface area contributed by atoms with Crippen molar-refractivity contribution in [2.75, 3.05) is 13.1 Å². The molecule has 2 aromatic carbocycles. The van der Waals surface area contributed by atoms with E-state index in [1.807, 2.05) is 68.4 Å². The van der Waals surface area contributed by atoms with Gasteiger partial charge < -0.3 is 9.73 Å². The van der Waals surface area contributed by atoms with Crippen LogP contribution in [0.3, 0.4) is 0 Å². The van der Waals surface area contributed by atoms with Crippen LogP contribution >= 0.6 is 11.6 Å². The lowest BCUT2D eigenvalue weighted by Crippen LogP contribution is -2.41. The van der Waals surface area contributed by atoms with Crippen molar-refractivity contribution in [3.63, 3.8) is 0 Å². The normalized spacial score (nSPS) is 16.2. The number of piperidine rings is 1. The van der Waals surface area contributed by atoms with Crippen LogP contribution in [0.15, 0.2) is 59.0 Å². The lowest BCUT2D eigenvalue weighted by Gasteiger charge is -2.31. The number of hydrogen-bond acceptors (Lipinski definition) is 4. The summed E-state index contributed by atoms with van der Waals surface area (Å²) in [6, 6.07) is 17.6. The zero-order valence-electron chi connectivity index (χ0n) is 18.0. The Morgan fingerprint density at radius 2 is 1.94 bits per heavy atom. The van der Waals surface area contributed by atoms with Crippen LogP contribution in [0.1, 0.15) is 42.8 Å². The maximum atomic E-state index is 12.7. The number of aromatic nitrogens is 1. The summed E-state index contributed by atoms with van der Waals surface area (Å²) >= 11 is 6.09. The Hall–Kier alpha value is -2.63. The molecule has 1 amide bonds. The summed E-state index contributed by atoms with van der Waals surface area (Å²) in [4.78, 5) is 19.8. The van der Waals surface area contributed by atoms with Crippen molar-refractivity contribution < 1.29 is 9.21 Å². The van der Waals surface area contributed by atoms with Crippen LogP contribution < -0.4 is 5.32 Å². The number of halogens is 1. The van der Waals surface area contributed by atoms with E-state index in [-0.39, 0.29) is 17.9 Å². The highest BCUT2D eigenvalue weighted by atomic mass is 35.5. The number of oxazole rings is 1. The second-order valence-corrected chi connectivity index (χ2v) is 8.66. The van der Waals surface area contributed by atoms with Crippen LogP contribution in [-0.2, 0) is 11.3 Å². The summed E-state index contributed by atoms with van der Waals surface area (Å²) in [5.74, 6) is 1.63. The van der Waals surface area contributed by atoms with Crippen LogP contribution in [0.25, 0.3) is 11.5 Å². The fourth-order valence-electron chi connectivity index (χ4n) is 4.04. The lowest BCUT2D eigenvalue weighted by atomic mass is 9.95. The summed E-state index contributed by atoms with van der Waals surface area (Å²) < 4.78 is 5.88. The molecule has 1 N–H and O–H groups in total. The number of amides is 1. The Balaban J connectivity index is 1.31. The molecule has 0 radical (unpaired) electrons. The Bertz CT molecular complexity index is 1030. The van der Waals surface area contributed by atoms with E-state index in [0.717, 1.165) is 55.1 Å². The molecule has 2 heterocycles. The lowest BCUT2D eigenvalue weighted by molar-refractivity contribution is -0.127. The number of aryl methyl sites for hydroxylation is 1. The minimum atomic E-state index is 0.0226. The second kappa shape index (κ2) is 9.67. The van der Waals surface area contributed by atoms with Gasteiger partial charge in [-0.2, -0.15) is 0 Å². The molecule has 1 aromatic heterocycles. The molecular weight excluding hydrogens is 410 g/mol. The highest BCUT2D eigenvalue weighted by Gasteiger charge is 2.27. The molecule has 0 unspecified atom stereocenters. The first-order chi connectivity index (χ1) is 15.0. The fourth-order valence-corrected chi connectivity index (χ4v) is 4.23. The molecule has 1 atom stereocenters.